The Balaban J connectivity index is 1.25. The Morgan fingerprint density at radius 3 is 2.46 bits per heavy atom. The van der Waals surface area contributed by atoms with Crippen molar-refractivity contribution in [2.45, 2.75) is 37.3 Å². The summed E-state index contributed by atoms with van der Waals surface area (Å²) >= 11 is 0. The second kappa shape index (κ2) is 11.5. The number of sulfonamides is 1. The average Bonchev–Trinajstić information content (AvgIpc) is 3.51. The van der Waals surface area contributed by atoms with Crippen LogP contribution in [0.2, 0.25) is 0 Å². The molecular weight excluding hydrogens is 518 g/mol. The van der Waals surface area contributed by atoms with Gasteiger partial charge in [0.1, 0.15) is 11.5 Å². The number of ether oxygens (including phenoxy) is 2. The number of carbonyl (C=O) groups excluding carboxylic acids is 2. The van der Waals surface area contributed by atoms with E-state index in [9.17, 15) is 18.0 Å². The fourth-order valence-corrected chi connectivity index (χ4v) is 6.35. The molecule has 10 heteroatoms. The van der Waals surface area contributed by atoms with E-state index in [1.807, 2.05) is 30.3 Å². The number of aryl methyl sites for hydroxylation is 1. The number of para-hydroxylation sites is 2. The van der Waals surface area contributed by atoms with Gasteiger partial charge in [-0.25, -0.2) is 8.42 Å². The van der Waals surface area contributed by atoms with Crippen LogP contribution in [0.5, 0.6) is 11.5 Å². The molecule has 3 aromatic rings. The number of benzene rings is 3. The van der Waals surface area contributed by atoms with Crippen molar-refractivity contribution in [2.24, 2.45) is 0 Å². The normalized spacial score (nSPS) is 17.3. The van der Waals surface area contributed by atoms with E-state index in [0.717, 1.165) is 18.4 Å². The van der Waals surface area contributed by atoms with Crippen molar-refractivity contribution in [3.63, 3.8) is 0 Å². The van der Waals surface area contributed by atoms with Crippen molar-refractivity contribution in [3.05, 3.63) is 83.9 Å². The van der Waals surface area contributed by atoms with Gasteiger partial charge in [-0.1, -0.05) is 42.5 Å². The predicted molar refractivity (Wildman–Crippen MR) is 146 cm³/mol. The van der Waals surface area contributed by atoms with Gasteiger partial charge in [0.15, 0.2) is 12.7 Å². The highest BCUT2D eigenvalue weighted by Gasteiger charge is 2.34. The number of fused-ring (bicyclic) bond motifs is 1. The molecular formula is C29H31N3O6S. The predicted octanol–water partition coefficient (Wildman–Crippen LogP) is 3.27. The Morgan fingerprint density at radius 1 is 1.00 bits per heavy atom. The third-order valence-corrected chi connectivity index (χ3v) is 8.77. The van der Waals surface area contributed by atoms with Gasteiger partial charge in [-0.05, 0) is 61.2 Å². The minimum Gasteiger partial charge on any atom is -0.483 e. The van der Waals surface area contributed by atoms with E-state index in [2.05, 4.69) is 5.32 Å². The molecule has 5 rings (SSSR count). The van der Waals surface area contributed by atoms with E-state index in [4.69, 9.17) is 9.47 Å². The lowest BCUT2D eigenvalue weighted by Gasteiger charge is -2.34. The van der Waals surface area contributed by atoms with E-state index in [0.29, 0.717) is 42.4 Å². The molecule has 2 aliphatic heterocycles. The number of nitrogens with one attached hydrogen (secondary N) is 1. The second-order valence-electron chi connectivity index (χ2n) is 9.61. The zero-order chi connectivity index (χ0) is 27.4. The standard InChI is InChI=1S/C29H31N3O6S/c1-21-17-23(39(35,36)31-15-7-8-16-31)13-14-25(21)37-20-28(33)32-19-27(38-26-12-6-5-11-24(26)32)29(34)30-18-22-9-3-2-4-10-22/h2-6,9-14,17,27H,7-8,15-16,18-20H2,1H3,(H,30,34). The molecule has 2 aliphatic rings. The molecule has 1 saturated heterocycles. The van der Waals surface area contributed by atoms with Crippen LogP contribution in [0.1, 0.15) is 24.0 Å². The van der Waals surface area contributed by atoms with Crippen LogP contribution in [0.15, 0.2) is 77.7 Å². The highest BCUT2D eigenvalue weighted by Crippen LogP contribution is 2.33. The van der Waals surface area contributed by atoms with Gasteiger partial charge in [0, 0.05) is 19.6 Å². The summed E-state index contributed by atoms with van der Waals surface area (Å²) in [5.74, 6) is 0.185. The molecule has 9 nitrogen and oxygen atoms in total. The fraction of sp³-hybridized carbons (Fsp3) is 0.310. The largest absolute Gasteiger partial charge is 0.483 e. The Hall–Kier alpha value is -3.89. The van der Waals surface area contributed by atoms with E-state index < -0.39 is 16.1 Å². The number of anilines is 1. The van der Waals surface area contributed by atoms with Gasteiger partial charge in [0.05, 0.1) is 17.1 Å². The number of hydrogen-bond donors (Lipinski definition) is 1. The molecule has 0 aliphatic carbocycles. The zero-order valence-corrected chi connectivity index (χ0v) is 22.5. The quantitative estimate of drug-likeness (QED) is 0.463. The second-order valence-corrected chi connectivity index (χ2v) is 11.5. The van der Waals surface area contributed by atoms with Crippen LogP contribution in [0.25, 0.3) is 0 Å². The van der Waals surface area contributed by atoms with Crippen molar-refractivity contribution in [1.29, 1.82) is 0 Å². The highest BCUT2D eigenvalue weighted by molar-refractivity contribution is 7.89. The van der Waals surface area contributed by atoms with Gasteiger partial charge in [0.2, 0.25) is 10.0 Å². The lowest BCUT2D eigenvalue weighted by atomic mass is 10.1. The Bertz CT molecular complexity index is 1450. The molecule has 1 fully saturated rings. The lowest BCUT2D eigenvalue weighted by Crippen LogP contribution is -2.51. The molecule has 1 N–H and O–H groups in total. The van der Waals surface area contributed by atoms with Crippen LogP contribution in [0.4, 0.5) is 5.69 Å². The average molecular weight is 550 g/mol. The van der Waals surface area contributed by atoms with Gasteiger partial charge in [-0.15, -0.1) is 0 Å². The van der Waals surface area contributed by atoms with E-state index in [1.165, 1.54) is 15.3 Å². The van der Waals surface area contributed by atoms with Crippen LogP contribution >= 0.6 is 0 Å². The summed E-state index contributed by atoms with van der Waals surface area (Å²) < 4.78 is 39.0. The van der Waals surface area contributed by atoms with E-state index >= 15 is 0 Å². The lowest BCUT2D eigenvalue weighted by molar-refractivity contribution is -0.128. The molecule has 0 aromatic heterocycles. The van der Waals surface area contributed by atoms with Crippen LogP contribution in [0, 0.1) is 6.92 Å². The number of rotatable bonds is 8. The first-order chi connectivity index (χ1) is 18.8. The fourth-order valence-electron chi connectivity index (χ4n) is 4.75. The summed E-state index contributed by atoms with van der Waals surface area (Å²) in [5, 5.41) is 2.88. The zero-order valence-electron chi connectivity index (χ0n) is 21.7. The molecule has 0 radical (unpaired) electrons. The van der Waals surface area contributed by atoms with Gasteiger partial charge >= 0.3 is 0 Å². The third kappa shape index (κ3) is 5.91. The Kier molecular flexibility index (Phi) is 7.85. The van der Waals surface area contributed by atoms with Crippen LogP contribution in [0.3, 0.4) is 0 Å². The van der Waals surface area contributed by atoms with E-state index in [1.54, 1.807) is 43.3 Å². The first kappa shape index (κ1) is 26.7. The van der Waals surface area contributed by atoms with Crippen molar-refractivity contribution >= 4 is 27.5 Å². The van der Waals surface area contributed by atoms with E-state index in [-0.39, 0.29) is 29.9 Å². The van der Waals surface area contributed by atoms with Crippen LogP contribution in [-0.2, 0) is 26.2 Å². The topological polar surface area (TPSA) is 105 Å². The SMILES string of the molecule is Cc1cc(S(=O)(=O)N2CCCC2)ccc1OCC(=O)N1CC(C(=O)NCc2ccccc2)Oc2ccccc21. The maximum Gasteiger partial charge on any atom is 0.265 e. The molecule has 1 atom stereocenters. The summed E-state index contributed by atoms with van der Waals surface area (Å²) in [7, 11) is -3.55. The summed E-state index contributed by atoms with van der Waals surface area (Å²) in [4.78, 5) is 27.9. The van der Waals surface area contributed by atoms with Crippen molar-refractivity contribution in [2.75, 3.05) is 31.1 Å². The number of amides is 2. The van der Waals surface area contributed by atoms with Gasteiger partial charge in [-0.3, -0.25) is 9.59 Å². The minimum atomic E-state index is -3.55. The molecule has 2 amide bonds. The summed E-state index contributed by atoms with van der Waals surface area (Å²) in [6, 6.07) is 21.3. The summed E-state index contributed by atoms with van der Waals surface area (Å²) in [6.45, 7) is 2.90. The van der Waals surface area contributed by atoms with Crippen molar-refractivity contribution in [3.8, 4) is 11.5 Å². The smallest absolute Gasteiger partial charge is 0.265 e. The molecule has 39 heavy (non-hydrogen) atoms. The molecule has 0 bridgehead atoms. The highest BCUT2D eigenvalue weighted by atomic mass is 32.2. The summed E-state index contributed by atoms with van der Waals surface area (Å²) in [5.41, 5.74) is 2.13. The van der Waals surface area contributed by atoms with Crippen molar-refractivity contribution in [1.82, 2.24) is 9.62 Å². The van der Waals surface area contributed by atoms with Gasteiger partial charge < -0.3 is 19.7 Å². The van der Waals surface area contributed by atoms with Gasteiger partial charge in [-0.2, -0.15) is 4.31 Å². The molecule has 1 unspecified atom stereocenters. The van der Waals surface area contributed by atoms with Gasteiger partial charge in [0.25, 0.3) is 11.8 Å². The molecule has 2 heterocycles. The first-order valence-electron chi connectivity index (χ1n) is 12.9. The maximum atomic E-state index is 13.3. The minimum absolute atomic E-state index is 0.0336. The molecule has 3 aromatic carbocycles. The summed E-state index contributed by atoms with van der Waals surface area (Å²) in [6.07, 6.45) is 0.841. The maximum absolute atomic E-state index is 13.3. The molecule has 0 spiro atoms. The Morgan fingerprint density at radius 2 is 1.72 bits per heavy atom. The molecule has 204 valence electrons. The third-order valence-electron chi connectivity index (χ3n) is 6.88. The Labute approximate surface area is 228 Å². The monoisotopic (exact) mass is 549 g/mol. The molecule has 0 saturated carbocycles. The first-order valence-corrected chi connectivity index (χ1v) is 14.4. The number of hydrogen-bond acceptors (Lipinski definition) is 6. The van der Waals surface area contributed by atoms with Crippen LogP contribution < -0.4 is 19.7 Å². The number of nitrogens with zero attached hydrogens (tertiary/aromatic N) is 2. The van der Waals surface area contributed by atoms with Crippen LogP contribution in [-0.4, -0.2) is 56.9 Å². The van der Waals surface area contributed by atoms with Crippen molar-refractivity contribution < 1.29 is 27.5 Å². The number of carbonyl (C=O) groups is 2.